The standard InChI is InChI=1S/C22H28FN9O9P2S2/c1-9-10(31-7-28-15-20(31)29-6-30(2)21(15)34)3-11(16(9)33)40-43(37,45)41-17-12(4-38-42(35,36)44)39-22(13(17)23)32-8-27-14-18(24)25-5-26-19(14)32/h5-13,16-17,22,33H,3-4H2,1-2H3,(H,37,45)(H2,24,25,26)(H2,35,36,44)/t9-,10+,11-,12?,13+,16-,17+,22+,43?/m0/s1. The molecule has 244 valence electrons. The number of halogens is 1. The van der Waals surface area contributed by atoms with E-state index in [-0.39, 0.29) is 34.5 Å². The molecule has 3 unspecified atom stereocenters. The zero-order chi connectivity index (χ0) is 32.4. The van der Waals surface area contributed by atoms with Gasteiger partial charge in [0.25, 0.3) is 5.56 Å². The monoisotopic (exact) mass is 707 g/mol. The van der Waals surface area contributed by atoms with E-state index in [4.69, 9.17) is 24.0 Å². The van der Waals surface area contributed by atoms with Crippen molar-refractivity contribution in [3.63, 3.8) is 0 Å². The van der Waals surface area contributed by atoms with Gasteiger partial charge in [0.1, 0.15) is 24.1 Å². The number of thiol groups is 2. The van der Waals surface area contributed by atoms with Gasteiger partial charge in [-0.15, -0.1) is 0 Å². The van der Waals surface area contributed by atoms with E-state index in [9.17, 15) is 23.9 Å². The summed E-state index contributed by atoms with van der Waals surface area (Å²) >= 11 is 7.54. The van der Waals surface area contributed by atoms with Crippen LogP contribution in [0.5, 0.6) is 0 Å². The van der Waals surface area contributed by atoms with Crippen LogP contribution >= 0.6 is 38.1 Å². The number of anilines is 1. The summed E-state index contributed by atoms with van der Waals surface area (Å²) in [5, 5.41) is 11.0. The number of nitrogens with zero attached hydrogens (tertiary/aromatic N) is 8. The minimum Gasteiger partial charge on any atom is -0.390 e. The Bertz CT molecular complexity index is 1910. The van der Waals surface area contributed by atoms with Gasteiger partial charge in [-0.25, -0.2) is 38.4 Å². The summed E-state index contributed by atoms with van der Waals surface area (Å²) in [7, 11) is 1.54. The molecule has 1 aliphatic heterocycles. The molecule has 1 aliphatic carbocycles. The van der Waals surface area contributed by atoms with Crippen molar-refractivity contribution in [1.29, 1.82) is 0 Å². The highest BCUT2D eigenvalue weighted by molar-refractivity contribution is 8.44. The molecule has 0 radical (unpaired) electrons. The number of aliphatic hydroxyl groups is 1. The zero-order valence-electron chi connectivity index (χ0n) is 23.4. The maximum absolute atomic E-state index is 16.1. The molecule has 2 aliphatic rings. The number of ether oxygens (including phenoxy) is 1. The van der Waals surface area contributed by atoms with Crippen molar-refractivity contribution in [1.82, 2.24) is 38.6 Å². The predicted molar refractivity (Wildman–Crippen MR) is 161 cm³/mol. The molecule has 0 spiro atoms. The van der Waals surface area contributed by atoms with E-state index in [1.807, 2.05) is 0 Å². The summed E-state index contributed by atoms with van der Waals surface area (Å²) in [6, 6.07) is -0.477. The molecule has 5 heterocycles. The summed E-state index contributed by atoms with van der Waals surface area (Å²) in [4.78, 5) is 42.5. The predicted octanol–water partition coefficient (Wildman–Crippen LogP) is 1.58. The van der Waals surface area contributed by atoms with Gasteiger partial charge < -0.3 is 29.6 Å². The Morgan fingerprint density at radius 1 is 1.09 bits per heavy atom. The first kappa shape index (κ1) is 32.5. The van der Waals surface area contributed by atoms with Gasteiger partial charge in [0.05, 0.1) is 37.8 Å². The van der Waals surface area contributed by atoms with Crippen LogP contribution in [0.25, 0.3) is 22.3 Å². The number of alkyl halides is 1. The Morgan fingerprint density at radius 3 is 2.51 bits per heavy atom. The lowest BCUT2D eigenvalue weighted by atomic mass is 10.0. The lowest BCUT2D eigenvalue weighted by Crippen LogP contribution is -2.34. The summed E-state index contributed by atoms with van der Waals surface area (Å²) in [5.74, 6) is -0.451. The second-order valence-electron chi connectivity index (χ2n) is 10.7. The van der Waals surface area contributed by atoms with Gasteiger partial charge in [-0.1, -0.05) is 31.4 Å². The maximum Gasteiger partial charge on any atom is 0.386 e. The zero-order valence-corrected chi connectivity index (χ0v) is 27.0. The molecule has 1 saturated heterocycles. The lowest BCUT2D eigenvalue weighted by molar-refractivity contribution is -0.0414. The summed E-state index contributed by atoms with van der Waals surface area (Å²) < 4.78 is 67.4. The summed E-state index contributed by atoms with van der Waals surface area (Å²) in [6.45, 7) is -7.78. The van der Waals surface area contributed by atoms with Crippen molar-refractivity contribution in [3.8, 4) is 0 Å². The maximum atomic E-state index is 16.1. The van der Waals surface area contributed by atoms with Crippen molar-refractivity contribution < 1.29 is 41.8 Å². The van der Waals surface area contributed by atoms with Crippen LogP contribution in [0.1, 0.15) is 25.6 Å². The highest BCUT2D eigenvalue weighted by Gasteiger charge is 2.52. The van der Waals surface area contributed by atoms with Crippen molar-refractivity contribution in [3.05, 3.63) is 35.7 Å². The molecule has 0 aromatic carbocycles. The van der Waals surface area contributed by atoms with Gasteiger partial charge in [0.15, 0.2) is 35.0 Å². The number of nitrogen functional groups attached to an aromatic ring is 1. The van der Waals surface area contributed by atoms with Crippen LogP contribution in [0, 0.1) is 5.92 Å². The van der Waals surface area contributed by atoms with Crippen LogP contribution in [0.2, 0.25) is 0 Å². The van der Waals surface area contributed by atoms with E-state index in [0.29, 0.717) is 5.65 Å². The number of aromatic nitrogens is 8. The average Bonchev–Trinajstić information content (AvgIpc) is 3.72. The first-order chi connectivity index (χ1) is 21.1. The highest BCUT2D eigenvalue weighted by Crippen LogP contribution is 2.60. The van der Waals surface area contributed by atoms with E-state index in [1.54, 1.807) is 18.5 Å². The number of fused-ring (bicyclic) bond motifs is 2. The third kappa shape index (κ3) is 6.18. The number of imidazole rings is 2. The molecule has 4 aromatic heterocycles. The SMILES string of the molecule is C[C@@H]1[C@H](O)[C@@H](OP(=O)(S)O[C@@H]2C(COP(=O)(O)S)O[C@@H](n3cnc4c(N)ncnc43)[C@@H]2F)C[C@H]1n1cnc2c(=O)n(C)cnc21. The van der Waals surface area contributed by atoms with Crippen LogP contribution in [-0.4, -0.2) is 85.8 Å². The first-order valence-electron chi connectivity index (χ1n) is 13.3. The lowest BCUT2D eigenvalue weighted by Gasteiger charge is -2.26. The Labute approximate surface area is 263 Å². The van der Waals surface area contributed by atoms with Gasteiger partial charge >= 0.3 is 13.6 Å². The van der Waals surface area contributed by atoms with Crippen molar-refractivity contribution in [2.45, 2.75) is 56.2 Å². The molecule has 23 heteroatoms. The largest absolute Gasteiger partial charge is 0.390 e. The Kier molecular flexibility index (Phi) is 8.64. The molecule has 4 N–H and O–H groups in total. The second-order valence-corrected chi connectivity index (χ2v) is 16.3. The molecule has 0 bridgehead atoms. The van der Waals surface area contributed by atoms with Gasteiger partial charge in [0, 0.05) is 19.0 Å². The fourth-order valence-electron chi connectivity index (χ4n) is 5.62. The van der Waals surface area contributed by atoms with Crippen molar-refractivity contribution in [2.75, 3.05) is 12.3 Å². The molecular weight excluding hydrogens is 679 g/mol. The number of aryl methyl sites for hydroxylation is 1. The first-order valence-corrected chi connectivity index (χ1v) is 18.8. The van der Waals surface area contributed by atoms with Crippen molar-refractivity contribution >= 4 is 66.2 Å². The highest BCUT2D eigenvalue weighted by atomic mass is 32.7. The van der Waals surface area contributed by atoms with Crippen LogP contribution < -0.4 is 11.3 Å². The fourth-order valence-corrected chi connectivity index (χ4v) is 8.02. The van der Waals surface area contributed by atoms with E-state index >= 15 is 4.39 Å². The topological polar surface area (TPSA) is 234 Å². The quantitative estimate of drug-likeness (QED) is 0.123. The third-order valence-electron chi connectivity index (χ3n) is 7.86. The fraction of sp³-hybridized carbons (Fsp3) is 0.545. The summed E-state index contributed by atoms with van der Waals surface area (Å²) in [6.07, 6.45) is -3.74. The Balaban J connectivity index is 1.23. The van der Waals surface area contributed by atoms with E-state index in [1.165, 1.54) is 28.1 Å². The minimum atomic E-state index is -4.47. The second kappa shape index (κ2) is 12.0. The van der Waals surface area contributed by atoms with E-state index < -0.39 is 69.0 Å². The van der Waals surface area contributed by atoms with E-state index in [0.717, 1.165) is 6.33 Å². The minimum absolute atomic E-state index is 0.0361. The number of nitrogens with two attached hydrogens (primary N) is 1. The Morgan fingerprint density at radius 2 is 1.78 bits per heavy atom. The normalized spacial score (nSPS) is 31.4. The number of aliphatic hydroxyl groups excluding tert-OH is 1. The van der Waals surface area contributed by atoms with Crippen LogP contribution in [-0.2, 0) is 34.5 Å². The molecule has 1 saturated carbocycles. The molecule has 18 nitrogen and oxygen atoms in total. The van der Waals surface area contributed by atoms with Crippen LogP contribution in [0.15, 0.2) is 30.1 Å². The van der Waals surface area contributed by atoms with E-state index in [2.05, 4.69) is 49.4 Å². The third-order valence-corrected chi connectivity index (χ3v) is 10.3. The molecule has 45 heavy (non-hydrogen) atoms. The average molecular weight is 708 g/mol. The molecule has 2 fully saturated rings. The van der Waals surface area contributed by atoms with Crippen LogP contribution in [0.3, 0.4) is 0 Å². The smallest absolute Gasteiger partial charge is 0.386 e. The molecular formula is C22H28FN9O9P2S2. The van der Waals surface area contributed by atoms with Gasteiger partial charge in [0.2, 0.25) is 0 Å². The summed E-state index contributed by atoms with van der Waals surface area (Å²) in [5.41, 5.74) is 6.22. The van der Waals surface area contributed by atoms with Crippen molar-refractivity contribution in [2.24, 2.45) is 13.0 Å². The van der Waals surface area contributed by atoms with Gasteiger partial charge in [-0.3, -0.25) is 22.9 Å². The van der Waals surface area contributed by atoms with Gasteiger partial charge in [-0.2, -0.15) is 0 Å². The Hall–Kier alpha value is -2.45. The number of hydrogen-bond acceptors (Lipinski definition) is 14. The van der Waals surface area contributed by atoms with Gasteiger partial charge in [-0.05, 0) is 6.42 Å². The number of rotatable bonds is 9. The molecule has 0 amide bonds. The van der Waals surface area contributed by atoms with Crippen LogP contribution in [0.4, 0.5) is 10.2 Å². The number of hydrogen-bond donors (Lipinski definition) is 5. The molecule has 6 rings (SSSR count). The molecule has 4 aromatic rings. The molecule has 10 atom stereocenters.